The third kappa shape index (κ3) is 2.46. The van der Waals surface area contributed by atoms with Crippen molar-refractivity contribution in [1.82, 2.24) is 4.90 Å². The number of nitrogens with zero attached hydrogens (tertiary/aromatic N) is 1. The lowest BCUT2D eigenvalue weighted by molar-refractivity contribution is -0.133. The molecule has 0 aromatic heterocycles. The summed E-state index contributed by atoms with van der Waals surface area (Å²) in [5, 5.41) is 0. The van der Waals surface area contributed by atoms with Crippen molar-refractivity contribution in [3.05, 3.63) is 0 Å². The Balaban J connectivity index is 1.96. The predicted molar refractivity (Wildman–Crippen MR) is 76.8 cm³/mol. The van der Waals surface area contributed by atoms with Crippen molar-refractivity contribution >= 4 is 0 Å². The Morgan fingerprint density at radius 1 is 1.22 bits per heavy atom. The number of hydrogen-bond donors (Lipinski definition) is 0. The summed E-state index contributed by atoms with van der Waals surface area (Å²) in [5.41, 5.74) is 0.669. The van der Waals surface area contributed by atoms with E-state index in [4.69, 9.17) is 4.74 Å². The van der Waals surface area contributed by atoms with Crippen LogP contribution in [0.4, 0.5) is 0 Å². The molecule has 2 heterocycles. The molecule has 18 heavy (non-hydrogen) atoms. The SMILES string of the molecule is CC(C)C1CCC(C(C)(C)N2CCC2(C)C)CO1. The second kappa shape index (κ2) is 4.79. The Morgan fingerprint density at radius 2 is 1.89 bits per heavy atom. The van der Waals surface area contributed by atoms with Gasteiger partial charge in [-0.1, -0.05) is 13.8 Å². The molecule has 2 rings (SSSR count). The van der Waals surface area contributed by atoms with Gasteiger partial charge in [-0.05, 0) is 52.9 Å². The molecule has 0 aromatic rings. The van der Waals surface area contributed by atoms with E-state index in [2.05, 4.69) is 46.4 Å². The molecule has 0 amide bonds. The molecule has 2 saturated heterocycles. The smallest absolute Gasteiger partial charge is 0.0598 e. The van der Waals surface area contributed by atoms with Crippen molar-refractivity contribution in [3.63, 3.8) is 0 Å². The van der Waals surface area contributed by atoms with E-state index < -0.39 is 0 Å². The van der Waals surface area contributed by atoms with E-state index in [1.807, 2.05) is 0 Å². The molecule has 2 nitrogen and oxygen atoms in total. The van der Waals surface area contributed by atoms with Crippen molar-refractivity contribution < 1.29 is 4.74 Å². The quantitative estimate of drug-likeness (QED) is 0.760. The third-order valence-corrected chi connectivity index (χ3v) is 5.43. The second-order valence-corrected chi connectivity index (χ2v) is 7.76. The lowest BCUT2D eigenvalue weighted by Gasteiger charge is -2.59. The van der Waals surface area contributed by atoms with Crippen LogP contribution in [0.3, 0.4) is 0 Å². The Hall–Kier alpha value is -0.0800. The van der Waals surface area contributed by atoms with Crippen molar-refractivity contribution in [3.8, 4) is 0 Å². The van der Waals surface area contributed by atoms with Crippen molar-refractivity contribution in [1.29, 1.82) is 0 Å². The first-order chi connectivity index (χ1) is 8.25. The highest BCUT2D eigenvalue weighted by Crippen LogP contribution is 2.43. The number of rotatable bonds is 3. The predicted octanol–water partition coefficient (Wildman–Crippen LogP) is 3.70. The van der Waals surface area contributed by atoms with Crippen LogP contribution >= 0.6 is 0 Å². The van der Waals surface area contributed by atoms with E-state index in [0.717, 1.165) is 6.61 Å². The minimum Gasteiger partial charge on any atom is -0.378 e. The van der Waals surface area contributed by atoms with Gasteiger partial charge in [-0.3, -0.25) is 4.90 Å². The number of likely N-dealkylation sites (tertiary alicyclic amines) is 1. The van der Waals surface area contributed by atoms with Crippen molar-refractivity contribution in [2.24, 2.45) is 11.8 Å². The van der Waals surface area contributed by atoms with E-state index in [1.165, 1.54) is 25.8 Å². The first-order valence-electron chi connectivity index (χ1n) is 7.64. The fraction of sp³-hybridized carbons (Fsp3) is 1.00. The van der Waals surface area contributed by atoms with Gasteiger partial charge in [-0.15, -0.1) is 0 Å². The zero-order chi connectivity index (χ0) is 13.6. The molecule has 0 bridgehead atoms. The van der Waals surface area contributed by atoms with Gasteiger partial charge in [0.15, 0.2) is 0 Å². The fourth-order valence-corrected chi connectivity index (χ4v) is 3.81. The van der Waals surface area contributed by atoms with Crippen LogP contribution in [0, 0.1) is 11.8 Å². The molecule has 0 spiro atoms. The van der Waals surface area contributed by atoms with Gasteiger partial charge in [-0.2, -0.15) is 0 Å². The third-order valence-electron chi connectivity index (χ3n) is 5.43. The van der Waals surface area contributed by atoms with E-state index in [1.54, 1.807) is 0 Å². The summed E-state index contributed by atoms with van der Waals surface area (Å²) >= 11 is 0. The van der Waals surface area contributed by atoms with Crippen LogP contribution in [-0.2, 0) is 4.74 Å². The molecule has 106 valence electrons. The standard InChI is InChI=1S/C16H31NO/c1-12(2)14-8-7-13(11-18-14)16(5,6)17-10-9-15(17,3)4/h12-14H,7-11H2,1-6H3. The van der Waals surface area contributed by atoms with Gasteiger partial charge >= 0.3 is 0 Å². The van der Waals surface area contributed by atoms with Gasteiger partial charge < -0.3 is 4.74 Å². The number of ether oxygens (including phenoxy) is 1. The highest BCUT2D eigenvalue weighted by Gasteiger charge is 2.48. The Kier molecular flexibility index (Phi) is 3.81. The van der Waals surface area contributed by atoms with Gasteiger partial charge in [0.25, 0.3) is 0 Å². The fourth-order valence-electron chi connectivity index (χ4n) is 3.81. The van der Waals surface area contributed by atoms with Gasteiger partial charge in [0, 0.05) is 23.5 Å². The lowest BCUT2D eigenvalue weighted by atomic mass is 9.74. The molecule has 2 heteroatoms. The summed E-state index contributed by atoms with van der Waals surface area (Å²) in [5.74, 6) is 1.35. The largest absolute Gasteiger partial charge is 0.378 e. The van der Waals surface area contributed by atoms with E-state index >= 15 is 0 Å². The minimum absolute atomic E-state index is 0.281. The summed E-state index contributed by atoms with van der Waals surface area (Å²) in [6.45, 7) is 16.3. The van der Waals surface area contributed by atoms with Crippen LogP contribution in [-0.4, -0.2) is 35.2 Å². The zero-order valence-electron chi connectivity index (χ0n) is 13.1. The number of hydrogen-bond acceptors (Lipinski definition) is 2. The molecular weight excluding hydrogens is 222 g/mol. The minimum atomic E-state index is 0.281. The van der Waals surface area contributed by atoms with E-state index in [-0.39, 0.29) is 5.54 Å². The topological polar surface area (TPSA) is 12.5 Å². The highest BCUT2D eigenvalue weighted by atomic mass is 16.5. The molecule has 2 fully saturated rings. The van der Waals surface area contributed by atoms with Gasteiger partial charge in [0.1, 0.15) is 0 Å². The summed E-state index contributed by atoms with van der Waals surface area (Å²) in [7, 11) is 0. The molecule has 0 aliphatic carbocycles. The molecule has 0 aromatic carbocycles. The van der Waals surface area contributed by atoms with Crippen LogP contribution in [0.2, 0.25) is 0 Å². The van der Waals surface area contributed by atoms with Crippen LogP contribution in [0.5, 0.6) is 0 Å². The van der Waals surface area contributed by atoms with E-state index in [9.17, 15) is 0 Å². The highest BCUT2D eigenvalue weighted by molar-refractivity contribution is 5.03. The van der Waals surface area contributed by atoms with Gasteiger partial charge in [-0.25, -0.2) is 0 Å². The average molecular weight is 253 g/mol. The Bertz CT molecular complexity index is 287. The maximum atomic E-state index is 6.10. The molecule has 0 radical (unpaired) electrons. The van der Waals surface area contributed by atoms with Crippen LogP contribution in [0.25, 0.3) is 0 Å². The average Bonchev–Trinajstić information content (AvgIpc) is 2.27. The van der Waals surface area contributed by atoms with Crippen LogP contribution in [0.1, 0.15) is 60.8 Å². The first-order valence-corrected chi connectivity index (χ1v) is 7.64. The van der Waals surface area contributed by atoms with Crippen LogP contribution < -0.4 is 0 Å². The maximum Gasteiger partial charge on any atom is 0.0598 e. The maximum absolute atomic E-state index is 6.10. The second-order valence-electron chi connectivity index (χ2n) is 7.76. The molecule has 2 unspecified atom stereocenters. The summed E-state index contributed by atoms with van der Waals surface area (Å²) < 4.78 is 6.10. The summed E-state index contributed by atoms with van der Waals surface area (Å²) in [6, 6.07) is 0. The molecule has 2 aliphatic rings. The Labute approximate surface area is 113 Å². The van der Waals surface area contributed by atoms with E-state index in [0.29, 0.717) is 23.5 Å². The normalized spacial score (nSPS) is 33.5. The molecule has 2 atom stereocenters. The Morgan fingerprint density at radius 3 is 2.22 bits per heavy atom. The molecular formula is C16H31NO. The van der Waals surface area contributed by atoms with Gasteiger partial charge in [0.2, 0.25) is 0 Å². The first kappa shape index (κ1) is 14.3. The van der Waals surface area contributed by atoms with Crippen molar-refractivity contribution in [2.75, 3.05) is 13.2 Å². The lowest BCUT2D eigenvalue weighted by Crippen LogP contribution is -2.67. The molecule has 0 saturated carbocycles. The monoisotopic (exact) mass is 253 g/mol. The molecule has 0 N–H and O–H groups in total. The summed E-state index contributed by atoms with van der Waals surface area (Å²) in [6.07, 6.45) is 4.38. The summed E-state index contributed by atoms with van der Waals surface area (Å²) in [4.78, 5) is 2.68. The van der Waals surface area contributed by atoms with Crippen molar-refractivity contribution in [2.45, 2.75) is 78.0 Å². The zero-order valence-corrected chi connectivity index (χ0v) is 13.1. The van der Waals surface area contributed by atoms with Gasteiger partial charge in [0.05, 0.1) is 12.7 Å². The van der Waals surface area contributed by atoms with Crippen LogP contribution in [0.15, 0.2) is 0 Å². The molecule has 2 aliphatic heterocycles.